The van der Waals surface area contributed by atoms with Gasteiger partial charge in [0.25, 0.3) is 6.17 Å². The topological polar surface area (TPSA) is 79.2 Å². The maximum Gasteiger partial charge on any atom is 0.325 e. The van der Waals surface area contributed by atoms with Gasteiger partial charge in [0.1, 0.15) is 5.75 Å². The molecular formula is C24H25N4O3S+. The van der Waals surface area contributed by atoms with Crippen LogP contribution in [0.3, 0.4) is 0 Å². The van der Waals surface area contributed by atoms with Gasteiger partial charge in [0.15, 0.2) is 0 Å². The fourth-order valence-electron chi connectivity index (χ4n) is 3.83. The van der Waals surface area contributed by atoms with E-state index in [9.17, 15) is 9.59 Å². The maximum atomic E-state index is 13.2. The van der Waals surface area contributed by atoms with Gasteiger partial charge < -0.3 is 4.74 Å². The molecule has 2 aromatic carbocycles. The van der Waals surface area contributed by atoms with E-state index in [2.05, 4.69) is 11.6 Å². The first-order valence-electron chi connectivity index (χ1n) is 10.5. The molecule has 1 unspecified atom stereocenters. The van der Waals surface area contributed by atoms with Crippen molar-refractivity contribution in [3.63, 3.8) is 0 Å². The first-order chi connectivity index (χ1) is 15.6. The Bertz CT molecular complexity index is 1220. The number of carbonyl (C=O) groups excluding carboxylic acids is 1. The predicted octanol–water partition coefficient (Wildman–Crippen LogP) is 3.70. The summed E-state index contributed by atoms with van der Waals surface area (Å²) in [7, 11) is 0. The average Bonchev–Trinajstić information content (AvgIpc) is 2.80. The number of anilines is 1. The summed E-state index contributed by atoms with van der Waals surface area (Å²) in [6.45, 7) is 7.84. The number of amides is 1. The second kappa shape index (κ2) is 9.40. The zero-order chi connectivity index (χ0) is 22.7. The summed E-state index contributed by atoms with van der Waals surface area (Å²) in [6, 6.07) is 15.0. The number of aromatic amines is 1. The highest BCUT2D eigenvalue weighted by molar-refractivity contribution is 7.99. The zero-order valence-corrected chi connectivity index (χ0v) is 18.9. The van der Waals surface area contributed by atoms with Crippen molar-refractivity contribution in [2.24, 2.45) is 0 Å². The van der Waals surface area contributed by atoms with E-state index in [1.54, 1.807) is 15.7 Å². The lowest BCUT2D eigenvalue weighted by atomic mass is 10.0. The number of nitrogens with one attached hydrogen (secondary N) is 1. The number of nitrogens with zero attached hydrogens (tertiary/aromatic N) is 3. The molecule has 0 bridgehead atoms. The van der Waals surface area contributed by atoms with Crippen molar-refractivity contribution in [3.05, 3.63) is 77.1 Å². The fraction of sp³-hybridized carbons (Fsp3) is 0.250. The number of aromatic nitrogens is 3. The van der Waals surface area contributed by atoms with Crippen LogP contribution in [0.1, 0.15) is 32.0 Å². The highest BCUT2D eigenvalue weighted by Gasteiger charge is 2.46. The van der Waals surface area contributed by atoms with Gasteiger partial charge in [-0.15, -0.1) is 6.58 Å². The number of para-hydroxylation sites is 2. The SMILES string of the molecule is C=CCSc1n[n+]2c(c(=O)[nH]1)-c1ccccc1N(C(C)=O)C2c1ccccc1OCCC. The third-order valence-corrected chi connectivity index (χ3v) is 5.95. The van der Waals surface area contributed by atoms with Gasteiger partial charge in [-0.2, -0.15) is 0 Å². The first-order valence-corrected chi connectivity index (χ1v) is 11.5. The van der Waals surface area contributed by atoms with Crippen molar-refractivity contribution < 1.29 is 14.2 Å². The summed E-state index contributed by atoms with van der Waals surface area (Å²) in [5, 5.41) is 5.21. The zero-order valence-electron chi connectivity index (χ0n) is 18.1. The largest absolute Gasteiger partial charge is 0.493 e. The molecular weight excluding hydrogens is 424 g/mol. The van der Waals surface area contributed by atoms with E-state index >= 15 is 0 Å². The lowest BCUT2D eigenvalue weighted by Crippen LogP contribution is -2.60. The summed E-state index contributed by atoms with van der Waals surface area (Å²) in [5.41, 5.74) is 2.21. The van der Waals surface area contributed by atoms with Gasteiger partial charge in [0, 0.05) is 17.8 Å². The number of hydrogen-bond donors (Lipinski definition) is 1. The highest BCUT2D eigenvalue weighted by Crippen LogP contribution is 2.39. The van der Waals surface area contributed by atoms with Crippen LogP contribution in [0, 0.1) is 0 Å². The van der Waals surface area contributed by atoms with Crippen molar-refractivity contribution in [1.29, 1.82) is 0 Å². The van der Waals surface area contributed by atoms with E-state index in [1.807, 2.05) is 55.5 Å². The van der Waals surface area contributed by atoms with Crippen LogP contribution < -0.4 is 19.9 Å². The Hall–Kier alpha value is -3.39. The summed E-state index contributed by atoms with van der Waals surface area (Å²) in [5.74, 6) is 1.09. The van der Waals surface area contributed by atoms with Gasteiger partial charge >= 0.3 is 11.3 Å². The molecule has 1 aliphatic rings. The molecule has 0 spiro atoms. The van der Waals surface area contributed by atoms with Crippen LogP contribution >= 0.6 is 11.8 Å². The second-order valence-corrected chi connectivity index (χ2v) is 8.33. The molecule has 0 fully saturated rings. The number of rotatable bonds is 7. The number of carbonyl (C=O) groups is 1. The number of thioether (sulfide) groups is 1. The van der Waals surface area contributed by atoms with Gasteiger partial charge in [0.2, 0.25) is 11.1 Å². The predicted molar refractivity (Wildman–Crippen MR) is 125 cm³/mol. The van der Waals surface area contributed by atoms with Crippen molar-refractivity contribution >= 4 is 23.4 Å². The molecule has 164 valence electrons. The Balaban J connectivity index is 2.01. The minimum atomic E-state index is -0.671. The Morgan fingerprint density at radius 3 is 2.78 bits per heavy atom. The smallest absolute Gasteiger partial charge is 0.325 e. The van der Waals surface area contributed by atoms with E-state index in [0.29, 0.717) is 40.2 Å². The van der Waals surface area contributed by atoms with Crippen molar-refractivity contribution in [3.8, 4) is 17.0 Å². The number of hydrogen-bond acceptors (Lipinski definition) is 5. The molecule has 8 heteroatoms. The molecule has 0 saturated carbocycles. The lowest BCUT2D eigenvalue weighted by molar-refractivity contribution is -0.763. The second-order valence-electron chi connectivity index (χ2n) is 7.32. The molecule has 3 aromatic rings. The van der Waals surface area contributed by atoms with Crippen molar-refractivity contribution in [2.45, 2.75) is 31.6 Å². The molecule has 32 heavy (non-hydrogen) atoms. The van der Waals surface area contributed by atoms with E-state index in [4.69, 9.17) is 9.84 Å². The summed E-state index contributed by atoms with van der Waals surface area (Å²) >= 11 is 1.37. The number of H-pyrrole nitrogens is 1. The van der Waals surface area contributed by atoms with E-state index in [-0.39, 0.29) is 11.5 Å². The van der Waals surface area contributed by atoms with Gasteiger partial charge in [0.05, 0.1) is 23.4 Å². The van der Waals surface area contributed by atoms with Crippen LogP contribution in [0.2, 0.25) is 0 Å². The van der Waals surface area contributed by atoms with Crippen LogP contribution in [-0.4, -0.2) is 28.3 Å². The van der Waals surface area contributed by atoms with E-state index < -0.39 is 6.17 Å². The van der Waals surface area contributed by atoms with E-state index in [0.717, 1.165) is 12.0 Å². The first kappa shape index (κ1) is 21.8. The molecule has 4 rings (SSSR count). The van der Waals surface area contributed by atoms with Gasteiger partial charge in [-0.05, 0) is 35.4 Å². The van der Waals surface area contributed by atoms with Crippen LogP contribution in [0.25, 0.3) is 11.3 Å². The third-order valence-electron chi connectivity index (χ3n) is 5.09. The molecule has 1 atom stereocenters. The normalized spacial score (nSPS) is 14.4. The molecule has 1 aliphatic heterocycles. The van der Waals surface area contributed by atoms with Crippen LogP contribution in [-0.2, 0) is 4.79 Å². The number of fused-ring (bicyclic) bond motifs is 3. The van der Waals surface area contributed by atoms with Gasteiger partial charge in [-0.3, -0.25) is 14.6 Å². The molecule has 0 saturated heterocycles. The molecule has 0 aliphatic carbocycles. The molecule has 2 heterocycles. The number of benzene rings is 2. The Morgan fingerprint density at radius 2 is 2.03 bits per heavy atom. The third kappa shape index (κ3) is 3.93. The Labute approximate surface area is 190 Å². The van der Waals surface area contributed by atoms with E-state index in [1.165, 1.54) is 18.7 Å². The molecule has 1 amide bonds. The number of ether oxygens (including phenoxy) is 1. The monoisotopic (exact) mass is 449 g/mol. The van der Waals surface area contributed by atoms with Gasteiger partial charge in [-0.25, -0.2) is 4.90 Å². The maximum absolute atomic E-state index is 13.2. The summed E-state index contributed by atoms with van der Waals surface area (Å²) in [6.07, 6.45) is 1.93. The molecule has 1 N–H and O–H groups in total. The minimum Gasteiger partial charge on any atom is -0.493 e. The summed E-state index contributed by atoms with van der Waals surface area (Å²) in [4.78, 5) is 30.7. The molecule has 7 nitrogen and oxygen atoms in total. The van der Waals surface area contributed by atoms with Gasteiger partial charge in [-0.1, -0.05) is 49.0 Å². The van der Waals surface area contributed by atoms with Crippen LogP contribution in [0.5, 0.6) is 5.75 Å². The fourth-order valence-corrected chi connectivity index (χ4v) is 4.42. The van der Waals surface area contributed by atoms with Crippen LogP contribution in [0.15, 0.2) is 71.1 Å². The van der Waals surface area contributed by atoms with Crippen molar-refractivity contribution in [1.82, 2.24) is 10.1 Å². The molecule has 0 radical (unpaired) electrons. The Kier molecular flexibility index (Phi) is 6.41. The average molecular weight is 450 g/mol. The molecule has 1 aromatic heterocycles. The summed E-state index contributed by atoms with van der Waals surface area (Å²) < 4.78 is 7.65. The van der Waals surface area contributed by atoms with Crippen molar-refractivity contribution in [2.75, 3.05) is 17.3 Å². The standard InChI is InChI=1S/C24H24N4O3S/c1-4-14-31-20-13-9-7-11-18(20)23-27(16(3)29)19-12-8-6-10-17(19)21-22(30)25-24(26-28(21)23)32-15-5-2/h5-13,23H,2,4,14-15H2,1,3H3/p+1. The highest BCUT2D eigenvalue weighted by atomic mass is 32.2. The lowest BCUT2D eigenvalue weighted by Gasteiger charge is -2.32. The quantitative estimate of drug-likeness (QED) is 0.338. The van der Waals surface area contributed by atoms with Crippen LogP contribution in [0.4, 0.5) is 5.69 Å². The minimum absolute atomic E-state index is 0.159. The Morgan fingerprint density at radius 1 is 1.28 bits per heavy atom.